The molecule has 17 heavy (non-hydrogen) atoms. The monoisotopic (exact) mass is 227 g/mol. The van der Waals surface area contributed by atoms with Crippen molar-refractivity contribution in [3.05, 3.63) is 47.5 Å². The largest absolute Gasteiger partial charge is 0.370 e. The average molecular weight is 227 g/mol. The van der Waals surface area contributed by atoms with Gasteiger partial charge < -0.3 is 5.73 Å². The molecule has 2 rings (SSSR count). The standard InChI is InChI=1S/C15H17NO/c1-11-12(6-4-8-15(16)17)9-10-13-5-2-3-7-14(11)13/h2-3,5,7,9-10H,4,6,8H2,1H3,(H2,16,17). The molecule has 0 aromatic heterocycles. The van der Waals surface area contributed by atoms with E-state index >= 15 is 0 Å². The second-order valence-corrected chi connectivity index (χ2v) is 4.39. The van der Waals surface area contributed by atoms with Gasteiger partial charge in [0.15, 0.2) is 0 Å². The molecule has 2 N–H and O–H groups in total. The third-order valence-corrected chi connectivity index (χ3v) is 3.18. The smallest absolute Gasteiger partial charge is 0.217 e. The van der Waals surface area contributed by atoms with E-state index in [-0.39, 0.29) is 5.91 Å². The van der Waals surface area contributed by atoms with Crippen molar-refractivity contribution in [3.63, 3.8) is 0 Å². The number of nitrogens with two attached hydrogens (primary N) is 1. The lowest BCUT2D eigenvalue weighted by Gasteiger charge is -2.08. The summed E-state index contributed by atoms with van der Waals surface area (Å²) in [5.41, 5.74) is 7.77. The molecule has 0 atom stereocenters. The number of rotatable bonds is 4. The summed E-state index contributed by atoms with van der Waals surface area (Å²) in [6.07, 6.45) is 2.21. The van der Waals surface area contributed by atoms with Crippen LogP contribution < -0.4 is 5.73 Å². The van der Waals surface area contributed by atoms with Crippen LogP contribution in [0, 0.1) is 6.92 Å². The molecule has 1 amide bonds. The number of aryl methyl sites for hydroxylation is 2. The van der Waals surface area contributed by atoms with Crippen LogP contribution in [0.5, 0.6) is 0 Å². The molecule has 0 saturated carbocycles. The molecule has 2 aromatic rings. The van der Waals surface area contributed by atoms with Gasteiger partial charge in [-0.05, 0) is 41.7 Å². The van der Waals surface area contributed by atoms with Crippen molar-refractivity contribution in [3.8, 4) is 0 Å². The van der Waals surface area contributed by atoms with E-state index in [0.717, 1.165) is 12.8 Å². The summed E-state index contributed by atoms with van der Waals surface area (Å²) in [6, 6.07) is 12.7. The molecule has 0 aliphatic heterocycles. The first kappa shape index (κ1) is 11.6. The second kappa shape index (κ2) is 5.00. The number of benzene rings is 2. The molecule has 88 valence electrons. The summed E-state index contributed by atoms with van der Waals surface area (Å²) in [5.74, 6) is -0.219. The lowest BCUT2D eigenvalue weighted by atomic mass is 9.97. The molecule has 0 aliphatic carbocycles. The molecule has 0 spiro atoms. The highest BCUT2D eigenvalue weighted by molar-refractivity contribution is 5.86. The van der Waals surface area contributed by atoms with Crippen LogP contribution >= 0.6 is 0 Å². The minimum Gasteiger partial charge on any atom is -0.370 e. The summed E-state index contributed by atoms with van der Waals surface area (Å²) in [4.78, 5) is 10.7. The SMILES string of the molecule is Cc1c(CCCC(N)=O)ccc2ccccc12. The van der Waals surface area contributed by atoms with Gasteiger partial charge in [0.05, 0.1) is 0 Å². The Kier molecular flexibility index (Phi) is 3.43. The van der Waals surface area contributed by atoms with E-state index in [1.54, 1.807) is 0 Å². The zero-order valence-corrected chi connectivity index (χ0v) is 10.1. The third-order valence-electron chi connectivity index (χ3n) is 3.18. The minimum atomic E-state index is -0.219. The number of hydrogen-bond donors (Lipinski definition) is 1. The zero-order valence-electron chi connectivity index (χ0n) is 10.1. The topological polar surface area (TPSA) is 43.1 Å². The third kappa shape index (κ3) is 2.64. The fraction of sp³-hybridized carbons (Fsp3) is 0.267. The summed E-state index contributed by atoms with van der Waals surface area (Å²) in [5, 5.41) is 2.56. The summed E-state index contributed by atoms with van der Waals surface area (Å²) >= 11 is 0. The number of primary amides is 1. The van der Waals surface area contributed by atoms with Crippen molar-refractivity contribution in [1.29, 1.82) is 0 Å². The van der Waals surface area contributed by atoms with E-state index in [0.29, 0.717) is 6.42 Å². The van der Waals surface area contributed by atoms with E-state index in [2.05, 4.69) is 43.3 Å². The Morgan fingerprint density at radius 3 is 2.71 bits per heavy atom. The van der Waals surface area contributed by atoms with Crippen molar-refractivity contribution >= 4 is 16.7 Å². The summed E-state index contributed by atoms with van der Waals surface area (Å²) in [6.45, 7) is 2.14. The molecule has 0 saturated heterocycles. The molecule has 0 bridgehead atoms. The van der Waals surface area contributed by atoms with Crippen LogP contribution in [0.4, 0.5) is 0 Å². The Hall–Kier alpha value is -1.83. The van der Waals surface area contributed by atoms with Crippen LogP contribution in [0.2, 0.25) is 0 Å². The predicted octanol–water partition coefficient (Wildman–Crippen LogP) is 2.96. The molecule has 0 aliphatic rings. The highest BCUT2D eigenvalue weighted by atomic mass is 16.1. The van der Waals surface area contributed by atoms with E-state index in [9.17, 15) is 4.79 Å². The molecule has 0 radical (unpaired) electrons. The second-order valence-electron chi connectivity index (χ2n) is 4.39. The van der Waals surface area contributed by atoms with Crippen LogP contribution in [-0.4, -0.2) is 5.91 Å². The van der Waals surface area contributed by atoms with Crippen LogP contribution in [0.15, 0.2) is 36.4 Å². The van der Waals surface area contributed by atoms with Gasteiger partial charge in [0.25, 0.3) is 0 Å². The van der Waals surface area contributed by atoms with E-state index < -0.39 is 0 Å². The Bertz CT molecular complexity index is 546. The zero-order chi connectivity index (χ0) is 12.3. The van der Waals surface area contributed by atoms with Crippen molar-refractivity contribution in [2.45, 2.75) is 26.2 Å². The Morgan fingerprint density at radius 2 is 1.94 bits per heavy atom. The van der Waals surface area contributed by atoms with E-state index in [1.165, 1.54) is 21.9 Å². The fourth-order valence-corrected chi connectivity index (χ4v) is 2.20. The minimum absolute atomic E-state index is 0.219. The highest BCUT2D eigenvalue weighted by Crippen LogP contribution is 2.22. The van der Waals surface area contributed by atoms with Gasteiger partial charge in [-0.2, -0.15) is 0 Å². The van der Waals surface area contributed by atoms with Gasteiger partial charge in [-0.25, -0.2) is 0 Å². The maximum atomic E-state index is 10.7. The highest BCUT2D eigenvalue weighted by Gasteiger charge is 2.03. The van der Waals surface area contributed by atoms with Crippen molar-refractivity contribution in [2.24, 2.45) is 5.73 Å². The lowest BCUT2D eigenvalue weighted by Crippen LogP contribution is -2.10. The van der Waals surface area contributed by atoms with Gasteiger partial charge in [0.2, 0.25) is 5.91 Å². The van der Waals surface area contributed by atoms with Crippen molar-refractivity contribution < 1.29 is 4.79 Å². The number of amides is 1. The first-order valence-corrected chi connectivity index (χ1v) is 5.94. The van der Waals surface area contributed by atoms with Crippen LogP contribution in [0.3, 0.4) is 0 Å². The number of carbonyl (C=O) groups is 1. The number of carbonyl (C=O) groups excluding carboxylic acids is 1. The first-order chi connectivity index (χ1) is 8.18. The number of hydrogen-bond acceptors (Lipinski definition) is 1. The normalized spacial score (nSPS) is 10.6. The van der Waals surface area contributed by atoms with Crippen LogP contribution in [0.1, 0.15) is 24.0 Å². The Morgan fingerprint density at radius 1 is 1.18 bits per heavy atom. The first-order valence-electron chi connectivity index (χ1n) is 5.94. The molecule has 0 fully saturated rings. The molecule has 2 aromatic carbocycles. The van der Waals surface area contributed by atoms with Gasteiger partial charge in [-0.1, -0.05) is 36.4 Å². The van der Waals surface area contributed by atoms with Crippen LogP contribution in [0.25, 0.3) is 10.8 Å². The quantitative estimate of drug-likeness (QED) is 0.857. The van der Waals surface area contributed by atoms with Gasteiger partial charge >= 0.3 is 0 Å². The molecular weight excluding hydrogens is 210 g/mol. The van der Waals surface area contributed by atoms with E-state index in [4.69, 9.17) is 5.73 Å². The number of fused-ring (bicyclic) bond motifs is 1. The predicted molar refractivity (Wildman–Crippen MR) is 70.8 cm³/mol. The average Bonchev–Trinajstić information content (AvgIpc) is 2.32. The molecule has 0 heterocycles. The fourth-order valence-electron chi connectivity index (χ4n) is 2.20. The van der Waals surface area contributed by atoms with Gasteiger partial charge in [0, 0.05) is 6.42 Å². The molecule has 0 unspecified atom stereocenters. The lowest BCUT2D eigenvalue weighted by molar-refractivity contribution is -0.118. The molecule has 2 nitrogen and oxygen atoms in total. The maximum absolute atomic E-state index is 10.7. The van der Waals surface area contributed by atoms with Crippen LogP contribution in [-0.2, 0) is 11.2 Å². The summed E-state index contributed by atoms with van der Waals surface area (Å²) < 4.78 is 0. The van der Waals surface area contributed by atoms with Crippen molar-refractivity contribution in [1.82, 2.24) is 0 Å². The van der Waals surface area contributed by atoms with Gasteiger partial charge in [0.1, 0.15) is 0 Å². The Balaban J connectivity index is 2.23. The van der Waals surface area contributed by atoms with Gasteiger partial charge in [-0.15, -0.1) is 0 Å². The Labute approximate surface area is 101 Å². The molecule has 2 heteroatoms. The van der Waals surface area contributed by atoms with E-state index in [1.807, 2.05) is 0 Å². The molecular formula is C15H17NO. The summed E-state index contributed by atoms with van der Waals surface area (Å²) in [7, 11) is 0. The van der Waals surface area contributed by atoms with Gasteiger partial charge in [-0.3, -0.25) is 4.79 Å². The van der Waals surface area contributed by atoms with Crippen molar-refractivity contribution in [2.75, 3.05) is 0 Å². The maximum Gasteiger partial charge on any atom is 0.217 e.